The third-order valence-corrected chi connectivity index (χ3v) is 5.32. The number of aliphatic hydroxyl groups excluding tert-OH is 1. The molecule has 0 aliphatic carbocycles. The molecule has 5 nitrogen and oxygen atoms in total. The van der Waals surface area contributed by atoms with Gasteiger partial charge in [-0.05, 0) is 17.0 Å². The van der Waals surface area contributed by atoms with Gasteiger partial charge in [-0.2, -0.15) is 0 Å². The molecule has 0 radical (unpaired) electrons. The van der Waals surface area contributed by atoms with E-state index in [0.717, 1.165) is 17.7 Å². The zero-order valence-electron chi connectivity index (χ0n) is 12.1. The van der Waals surface area contributed by atoms with E-state index in [-0.39, 0.29) is 6.61 Å². The van der Waals surface area contributed by atoms with E-state index in [4.69, 9.17) is 5.11 Å². The molecule has 21 heavy (non-hydrogen) atoms. The van der Waals surface area contributed by atoms with Crippen LogP contribution in [0.2, 0.25) is 0 Å². The van der Waals surface area contributed by atoms with Crippen LogP contribution in [0.3, 0.4) is 0 Å². The number of aromatic nitrogens is 2. The van der Waals surface area contributed by atoms with Crippen molar-refractivity contribution in [3.63, 3.8) is 0 Å². The van der Waals surface area contributed by atoms with Crippen molar-refractivity contribution in [3.05, 3.63) is 35.4 Å². The van der Waals surface area contributed by atoms with Gasteiger partial charge >= 0.3 is 0 Å². The first-order valence-corrected chi connectivity index (χ1v) is 8.86. The van der Waals surface area contributed by atoms with E-state index in [1.165, 1.54) is 11.3 Å². The van der Waals surface area contributed by atoms with E-state index < -0.39 is 10.8 Å². The number of hydrogen-bond acceptors (Lipinski definition) is 6. The Hall–Kier alpha value is -1.31. The molecule has 2 rings (SSSR count). The monoisotopic (exact) mass is 325 g/mol. The molecule has 2 N–H and O–H groups in total. The first kappa shape index (κ1) is 16.1. The maximum atomic E-state index is 12.3. The molecule has 1 atom stereocenters. The molecular weight excluding hydrogens is 306 g/mol. The molecule has 0 fully saturated rings. The highest BCUT2D eigenvalue weighted by atomic mass is 32.2. The van der Waals surface area contributed by atoms with E-state index in [1.54, 1.807) is 0 Å². The minimum absolute atomic E-state index is 0.0185. The Morgan fingerprint density at radius 2 is 1.90 bits per heavy atom. The van der Waals surface area contributed by atoms with E-state index in [2.05, 4.69) is 29.4 Å². The molecule has 0 saturated carbocycles. The molecule has 7 heteroatoms. The Kier molecular flexibility index (Phi) is 5.84. The summed E-state index contributed by atoms with van der Waals surface area (Å²) in [7, 11) is -1.19. The zero-order chi connectivity index (χ0) is 15.2. The summed E-state index contributed by atoms with van der Waals surface area (Å²) in [6.07, 6.45) is 0. The Morgan fingerprint density at radius 3 is 2.52 bits per heavy atom. The molecular formula is C14H19N3O2S2. The highest BCUT2D eigenvalue weighted by Crippen LogP contribution is 2.21. The molecule has 1 unspecified atom stereocenters. The third kappa shape index (κ3) is 4.87. The third-order valence-electron chi connectivity index (χ3n) is 2.77. The van der Waals surface area contributed by atoms with Crippen molar-refractivity contribution in [1.29, 1.82) is 0 Å². The molecule has 1 heterocycles. The summed E-state index contributed by atoms with van der Waals surface area (Å²) in [6.45, 7) is 5.07. The van der Waals surface area contributed by atoms with Crippen molar-refractivity contribution < 1.29 is 9.32 Å². The summed E-state index contributed by atoms with van der Waals surface area (Å²) in [5.74, 6) is 0.928. The Bertz CT molecular complexity index is 597. The van der Waals surface area contributed by atoms with Crippen molar-refractivity contribution in [2.75, 3.05) is 11.9 Å². The molecule has 0 saturated heterocycles. The lowest BCUT2D eigenvalue weighted by molar-refractivity contribution is 0.282. The topological polar surface area (TPSA) is 75.1 Å². The number of hydrogen-bond donors (Lipinski definition) is 2. The Balaban J connectivity index is 1.96. The second-order valence-electron chi connectivity index (χ2n) is 5.11. The van der Waals surface area contributed by atoms with Gasteiger partial charge in [-0.1, -0.05) is 49.4 Å². The van der Waals surface area contributed by atoms with E-state index in [0.29, 0.717) is 21.1 Å². The predicted molar refractivity (Wildman–Crippen MR) is 85.7 cm³/mol. The minimum Gasteiger partial charge on any atom is -0.392 e. The Labute approximate surface area is 130 Å². The fraction of sp³-hybridized carbons (Fsp3) is 0.429. The van der Waals surface area contributed by atoms with E-state index >= 15 is 0 Å². The predicted octanol–water partition coefficient (Wildman–Crippen LogP) is 2.41. The maximum Gasteiger partial charge on any atom is 0.206 e. The largest absolute Gasteiger partial charge is 0.392 e. The van der Waals surface area contributed by atoms with Crippen LogP contribution in [0.25, 0.3) is 0 Å². The summed E-state index contributed by atoms with van der Waals surface area (Å²) in [6, 6.07) is 7.43. The zero-order valence-corrected chi connectivity index (χ0v) is 13.7. The van der Waals surface area contributed by atoms with Gasteiger partial charge in [0.25, 0.3) is 0 Å². The van der Waals surface area contributed by atoms with Crippen LogP contribution in [0.4, 0.5) is 5.13 Å². The summed E-state index contributed by atoms with van der Waals surface area (Å²) in [4.78, 5) is 0. The number of nitrogens with zero attached hydrogens (tertiary/aromatic N) is 2. The molecule has 0 amide bonds. The standard InChI is InChI=1S/C14H19N3O2S2/c1-10(2)7-15-13-16-17-14(20-13)21(19)9-12-5-3-11(8-18)4-6-12/h3-6,10,18H,7-9H2,1-2H3,(H,15,16). The lowest BCUT2D eigenvalue weighted by Crippen LogP contribution is -2.07. The van der Waals surface area contributed by atoms with Gasteiger partial charge in [-0.25, -0.2) is 0 Å². The van der Waals surface area contributed by atoms with Gasteiger partial charge in [0.2, 0.25) is 9.47 Å². The summed E-state index contributed by atoms with van der Waals surface area (Å²) >= 11 is 1.34. The van der Waals surface area contributed by atoms with Gasteiger partial charge in [0, 0.05) is 6.54 Å². The second kappa shape index (κ2) is 7.63. The smallest absolute Gasteiger partial charge is 0.206 e. The van der Waals surface area contributed by atoms with Crippen LogP contribution in [0, 0.1) is 5.92 Å². The lowest BCUT2D eigenvalue weighted by Gasteiger charge is -2.03. The van der Waals surface area contributed by atoms with Crippen molar-refractivity contribution in [2.45, 2.75) is 30.5 Å². The fourth-order valence-corrected chi connectivity index (χ4v) is 3.64. The number of anilines is 1. The van der Waals surface area contributed by atoms with Gasteiger partial charge in [-0.3, -0.25) is 4.21 Å². The fourth-order valence-electron chi connectivity index (χ4n) is 1.62. The van der Waals surface area contributed by atoms with Crippen LogP contribution in [0.1, 0.15) is 25.0 Å². The van der Waals surface area contributed by atoms with Crippen LogP contribution in [-0.2, 0) is 23.2 Å². The number of aliphatic hydroxyl groups is 1. The molecule has 0 spiro atoms. The molecule has 0 aliphatic rings. The number of nitrogens with one attached hydrogen (secondary N) is 1. The van der Waals surface area contributed by atoms with Gasteiger partial charge < -0.3 is 10.4 Å². The first-order chi connectivity index (χ1) is 10.1. The molecule has 1 aromatic heterocycles. The lowest BCUT2D eigenvalue weighted by atomic mass is 10.2. The summed E-state index contributed by atoms with van der Waals surface area (Å²) in [5, 5.41) is 20.9. The minimum atomic E-state index is -1.19. The highest BCUT2D eigenvalue weighted by Gasteiger charge is 2.12. The van der Waals surface area contributed by atoms with E-state index in [9.17, 15) is 4.21 Å². The van der Waals surface area contributed by atoms with Crippen LogP contribution >= 0.6 is 11.3 Å². The maximum absolute atomic E-state index is 12.3. The average Bonchev–Trinajstić information content (AvgIpc) is 2.95. The quantitative estimate of drug-likeness (QED) is 0.817. The van der Waals surface area contributed by atoms with Crippen molar-refractivity contribution in [2.24, 2.45) is 5.92 Å². The average molecular weight is 325 g/mol. The van der Waals surface area contributed by atoms with Crippen molar-refractivity contribution in [3.8, 4) is 0 Å². The molecule has 2 aromatic rings. The number of rotatable bonds is 7. The van der Waals surface area contributed by atoms with Crippen molar-refractivity contribution >= 4 is 27.3 Å². The summed E-state index contributed by atoms with van der Waals surface area (Å²) in [5.41, 5.74) is 1.80. The van der Waals surface area contributed by atoms with Crippen molar-refractivity contribution in [1.82, 2.24) is 10.2 Å². The molecule has 0 aliphatic heterocycles. The SMILES string of the molecule is CC(C)CNc1nnc(S(=O)Cc2ccc(CO)cc2)s1. The van der Waals surface area contributed by atoms with Crippen LogP contribution in [0.15, 0.2) is 28.6 Å². The van der Waals surface area contributed by atoms with Gasteiger partial charge in [0.15, 0.2) is 0 Å². The number of benzene rings is 1. The highest BCUT2D eigenvalue weighted by molar-refractivity contribution is 7.86. The van der Waals surface area contributed by atoms with Gasteiger partial charge in [-0.15, -0.1) is 10.2 Å². The normalized spacial score (nSPS) is 12.6. The molecule has 1 aromatic carbocycles. The molecule has 0 bridgehead atoms. The first-order valence-electron chi connectivity index (χ1n) is 6.73. The van der Waals surface area contributed by atoms with E-state index in [1.807, 2.05) is 24.3 Å². The van der Waals surface area contributed by atoms with Gasteiger partial charge in [0.1, 0.15) is 0 Å². The summed E-state index contributed by atoms with van der Waals surface area (Å²) < 4.78 is 12.8. The molecule has 114 valence electrons. The van der Waals surface area contributed by atoms with Crippen LogP contribution < -0.4 is 5.32 Å². The van der Waals surface area contributed by atoms with Crippen LogP contribution in [0.5, 0.6) is 0 Å². The Morgan fingerprint density at radius 1 is 1.24 bits per heavy atom. The van der Waals surface area contributed by atoms with Gasteiger partial charge in [0.05, 0.1) is 23.2 Å². The van der Waals surface area contributed by atoms with Crippen LogP contribution in [-0.4, -0.2) is 26.1 Å². The second-order valence-corrected chi connectivity index (χ2v) is 7.71.